The van der Waals surface area contributed by atoms with Gasteiger partial charge in [-0.05, 0) is 63.0 Å². The van der Waals surface area contributed by atoms with Gasteiger partial charge in [0.25, 0.3) is 0 Å². The van der Waals surface area contributed by atoms with Crippen molar-refractivity contribution in [1.82, 2.24) is 0 Å². The Kier molecular flexibility index (Phi) is 5.52. The SMILES string of the molecule is COC1(/C=C/COc2ccc3c(-c4ccsc4)c4c(cc3c2)C(=O)OC4)CCOCC1. The maximum absolute atomic E-state index is 12.3. The molecular formula is C25H24O5S. The van der Waals surface area contributed by atoms with E-state index in [-0.39, 0.29) is 11.6 Å². The molecule has 2 aromatic carbocycles. The summed E-state index contributed by atoms with van der Waals surface area (Å²) in [6.07, 6.45) is 5.80. The second kappa shape index (κ2) is 8.46. The second-order valence-electron chi connectivity index (χ2n) is 7.84. The quantitative estimate of drug-likeness (QED) is 0.384. The van der Waals surface area contributed by atoms with Crippen molar-refractivity contribution in [3.63, 3.8) is 0 Å². The molecule has 0 radical (unpaired) electrons. The molecule has 2 aliphatic heterocycles. The van der Waals surface area contributed by atoms with E-state index >= 15 is 0 Å². The third kappa shape index (κ3) is 3.87. The molecule has 0 unspecified atom stereocenters. The molecule has 0 bridgehead atoms. The fourth-order valence-corrected chi connectivity index (χ4v) is 5.01. The molecule has 6 heteroatoms. The summed E-state index contributed by atoms with van der Waals surface area (Å²) in [5.74, 6) is 0.502. The van der Waals surface area contributed by atoms with Gasteiger partial charge in [-0.1, -0.05) is 12.1 Å². The Hall–Kier alpha value is -2.67. The molecule has 0 spiro atoms. The standard InChI is InChI=1S/C25H24O5S/c1-27-25(7-10-28-11-8-25)6-2-9-29-19-3-4-20-18(13-19)14-21-22(15-30-24(21)26)23(20)17-5-12-31-16-17/h2-6,12-14,16H,7-11,15H2,1H3/b6-2+. The summed E-state index contributed by atoms with van der Waals surface area (Å²) in [5, 5.41) is 6.22. The number of hydrogen-bond donors (Lipinski definition) is 0. The summed E-state index contributed by atoms with van der Waals surface area (Å²) < 4.78 is 22.5. The van der Waals surface area contributed by atoms with E-state index in [2.05, 4.69) is 23.6 Å². The minimum absolute atomic E-state index is 0.260. The molecule has 0 atom stereocenters. The van der Waals surface area contributed by atoms with Crippen LogP contribution in [-0.4, -0.2) is 38.5 Å². The van der Waals surface area contributed by atoms with Crippen molar-refractivity contribution >= 4 is 28.1 Å². The third-order valence-electron chi connectivity index (χ3n) is 6.11. The van der Waals surface area contributed by atoms with Crippen molar-refractivity contribution in [2.24, 2.45) is 0 Å². The molecule has 3 aromatic rings. The van der Waals surface area contributed by atoms with Gasteiger partial charge in [0.1, 0.15) is 19.0 Å². The van der Waals surface area contributed by atoms with Crippen LogP contribution in [-0.2, 0) is 20.8 Å². The van der Waals surface area contributed by atoms with Crippen LogP contribution in [0.2, 0.25) is 0 Å². The van der Waals surface area contributed by atoms with E-state index in [0.29, 0.717) is 32.0 Å². The summed E-state index contributed by atoms with van der Waals surface area (Å²) in [5.41, 5.74) is 3.54. The van der Waals surface area contributed by atoms with Gasteiger partial charge in [-0.3, -0.25) is 0 Å². The van der Waals surface area contributed by atoms with E-state index in [9.17, 15) is 4.79 Å². The number of esters is 1. The minimum Gasteiger partial charge on any atom is -0.490 e. The predicted molar refractivity (Wildman–Crippen MR) is 121 cm³/mol. The van der Waals surface area contributed by atoms with Crippen molar-refractivity contribution in [3.8, 4) is 16.9 Å². The molecule has 31 heavy (non-hydrogen) atoms. The number of hydrogen-bond acceptors (Lipinski definition) is 6. The summed E-state index contributed by atoms with van der Waals surface area (Å²) in [4.78, 5) is 12.3. The normalized spacial score (nSPS) is 17.8. The Labute approximate surface area is 185 Å². The molecule has 0 aliphatic carbocycles. The second-order valence-corrected chi connectivity index (χ2v) is 8.62. The summed E-state index contributed by atoms with van der Waals surface area (Å²) >= 11 is 1.64. The number of ether oxygens (including phenoxy) is 4. The van der Waals surface area contributed by atoms with Crippen LogP contribution in [0.4, 0.5) is 0 Å². The van der Waals surface area contributed by atoms with Gasteiger partial charge in [-0.25, -0.2) is 4.79 Å². The Balaban J connectivity index is 1.41. The van der Waals surface area contributed by atoms with Gasteiger partial charge in [0.15, 0.2) is 0 Å². The highest BCUT2D eigenvalue weighted by atomic mass is 32.1. The van der Waals surface area contributed by atoms with Crippen molar-refractivity contribution in [1.29, 1.82) is 0 Å². The zero-order valence-electron chi connectivity index (χ0n) is 17.4. The van der Waals surface area contributed by atoms with Crippen LogP contribution in [0.1, 0.15) is 28.8 Å². The summed E-state index contributed by atoms with van der Waals surface area (Å²) in [6.45, 7) is 2.19. The lowest BCUT2D eigenvalue weighted by molar-refractivity contribution is -0.0588. The van der Waals surface area contributed by atoms with Gasteiger partial charge in [-0.2, -0.15) is 11.3 Å². The van der Waals surface area contributed by atoms with Crippen LogP contribution in [0.3, 0.4) is 0 Å². The maximum Gasteiger partial charge on any atom is 0.338 e. The molecule has 0 saturated carbocycles. The first-order valence-electron chi connectivity index (χ1n) is 10.4. The molecule has 160 valence electrons. The van der Waals surface area contributed by atoms with Crippen LogP contribution in [0, 0.1) is 0 Å². The first-order valence-corrected chi connectivity index (χ1v) is 11.4. The Morgan fingerprint density at radius 1 is 1.19 bits per heavy atom. The van der Waals surface area contributed by atoms with E-state index in [1.54, 1.807) is 18.4 Å². The molecule has 1 saturated heterocycles. The first-order chi connectivity index (χ1) is 15.2. The average Bonchev–Trinajstić information content (AvgIpc) is 3.46. The summed E-state index contributed by atoms with van der Waals surface area (Å²) in [6, 6.07) is 10.0. The van der Waals surface area contributed by atoms with Crippen molar-refractivity contribution in [2.45, 2.75) is 25.0 Å². The number of methoxy groups -OCH3 is 1. The van der Waals surface area contributed by atoms with Gasteiger partial charge in [0, 0.05) is 38.7 Å². The Bertz CT molecular complexity index is 1130. The highest BCUT2D eigenvalue weighted by Crippen LogP contribution is 2.40. The number of rotatable bonds is 6. The monoisotopic (exact) mass is 436 g/mol. The van der Waals surface area contributed by atoms with Gasteiger partial charge in [-0.15, -0.1) is 0 Å². The summed E-state index contributed by atoms with van der Waals surface area (Å²) in [7, 11) is 1.74. The molecule has 2 aliphatic rings. The number of fused-ring (bicyclic) bond motifs is 2. The number of cyclic esters (lactones) is 1. The number of carbonyl (C=O) groups is 1. The van der Waals surface area contributed by atoms with Crippen LogP contribution in [0.15, 0.2) is 53.2 Å². The Morgan fingerprint density at radius 2 is 2.06 bits per heavy atom. The Morgan fingerprint density at radius 3 is 2.84 bits per heavy atom. The lowest BCUT2D eigenvalue weighted by Gasteiger charge is -2.33. The molecule has 5 rings (SSSR count). The van der Waals surface area contributed by atoms with Crippen molar-refractivity contribution in [3.05, 3.63) is 64.4 Å². The lowest BCUT2D eigenvalue weighted by Crippen LogP contribution is -2.36. The molecule has 3 heterocycles. The average molecular weight is 437 g/mol. The fraction of sp³-hybridized carbons (Fsp3) is 0.320. The fourth-order valence-electron chi connectivity index (χ4n) is 4.36. The van der Waals surface area contributed by atoms with E-state index in [1.165, 1.54) is 0 Å². The predicted octanol–water partition coefficient (Wildman–Crippen LogP) is 5.37. The van der Waals surface area contributed by atoms with Crippen LogP contribution in [0.25, 0.3) is 21.9 Å². The van der Waals surface area contributed by atoms with Crippen LogP contribution in [0.5, 0.6) is 5.75 Å². The highest BCUT2D eigenvalue weighted by molar-refractivity contribution is 7.08. The van der Waals surface area contributed by atoms with Crippen LogP contribution >= 0.6 is 11.3 Å². The molecule has 0 N–H and O–H groups in total. The van der Waals surface area contributed by atoms with Crippen molar-refractivity contribution in [2.75, 3.05) is 26.9 Å². The van der Waals surface area contributed by atoms with Crippen LogP contribution < -0.4 is 4.74 Å². The zero-order chi connectivity index (χ0) is 21.3. The van der Waals surface area contributed by atoms with Crippen molar-refractivity contribution < 1.29 is 23.7 Å². The molecule has 1 fully saturated rings. The largest absolute Gasteiger partial charge is 0.490 e. The highest BCUT2D eigenvalue weighted by Gasteiger charge is 2.29. The van der Waals surface area contributed by atoms with E-state index in [4.69, 9.17) is 18.9 Å². The maximum atomic E-state index is 12.3. The molecular weight excluding hydrogens is 412 g/mol. The number of carbonyl (C=O) groups excluding carboxylic acids is 1. The number of thiophene rings is 1. The van der Waals surface area contributed by atoms with Gasteiger partial charge in [0.05, 0.1) is 11.2 Å². The van der Waals surface area contributed by atoms with E-state index in [0.717, 1.165) is 46.1 Å². The van der Waals surface area contributed by atoms with E-state index in [1.807, 2.05) is 29.7 Å². The molecule has 1 aromatic heterocycles. The smallest absolute Gasteiger partial charge is 0.338 e. The third-order valence-corrected chi connectivity index (χ3v) is 6.79. The first kappa shape index (κ1) is 20.2. The molecule has 0 amide bonds. The van der Waals surface area contributed by atoms with Gasteiger partial charge >= 0.3 is 5.97 Å². The van der Waals surface area contributed by atoms with Gasteiger partial charge < -0.3 is 18.9 Å². The number of benzene rings is 2. The zero-order valence-corrected chi connectivity index (χ0v) is 18.2. The molecule has 5 nitrogen and oxygen atoms in total. The lowest BCUT2D eigenvalue weighted by atomic mass is 9.92. The topological polar surface area (TPSA) is 54.0 Å². The van der Waals surface area contributed by atoms with Gasteiger partial charge in [0.2, 0.25) is 0 Å². The minimum atomic E-state index is -0.263. The van der Waals surface area contributed by atoms with E-state index < -0.39 is 0 Å².